The predicted molar refractivity (Wildman–Crippen MR) is 127 cm³/mol. The summed E-state index contributed by atoms with van der Waals surface area (Å²) in [6.07, 6.45) is 6.36. The first kappa shape index (κ1) is 20.8. The molecule has 2 amide bonds. The van der Waals surface area contributed by atoms with Crippen LogP contribution in [0.2, 0.25) is 0 Å². The summed E-state index contributed by atoms with van der Waals surface area (Å²) in [6, 6.07) is 15.7. The molecule has 0 spiro atoms. The van der Waals surface area contributed by atoms with Crippen molar-refractivity contribution in [1.29, 1.82) is 0 Å². The lowest BCUT2D eigenvalue weighted by Crippen LogP contribution is -2.46. The highest BCUT2D eigenvalue weighted by atomic mass is 16.2. The molecule has 6 nitrogen and oxygen atoms in total. The summed E-state index contributed by atoms with van der Waals surface area (Å²) in [6.45, 7) is 1.99. The van der Waals surface area contributed by atoms with Crippen LogP contribution >= 0.6 is 0 Å². The second-order valence-electron chi connectivity index (χ2n) is 8.99. The second-order valence-corrected chi connectivity index (χ2v) is 8.99. The summed E-state index contributed by atoms with van der Waals surface area (Å²) < 4.78 is 0. The van der Waals surface area contributed by atoms with Crippen LogP contribution in [-0.4, -0.2) is 47.4 Å². The molecule has 1 aromatic heterocycles. The number of carbonyl (C=O) groups excluding carboxylic acids is 2. The first-order chi connectivity index (χ1) is 15.7. The van der Waals surface area contributed by atoms with Crippen molar-refractivity contribution in [3.63, 3.8) is 0 Å². The van der Waals surface area contributed by atoms with Crippen LogP contribution in [0.5, 0.6) is 0 Å². The number of anilines is 1. The Kier molecular flexibility index (Phi) is 5.95. The number of aromatic nitrogens is 1. The Bertz CT molecular complexity index is 1110. The highest BCUT2D eigenvalue weighted by Gasteiger charge is 2.23. The van der Waals surface area contributed by atoms with E-state index in [1.165, 1.54) is 29.5 Å². The third-order valence-electron chi connectivity index (χ3n) is 6.71. The molecule has 0 saturated carbocycles. The summed E-state index contributed by atoms with van der Waals surface area (Å²) in [5.41, 5.74) is 5.42. The molecular weight excluding hydrogens is 400 g/mol. The Labute approximate surface area is 188 Å². The fourth-order valence-electron chi connectivity index (χ4n) is 4.98. The van der Waals surface area contributed by atoms with Gasteiger partial charge >= 0.3 is 0 Å². The molecule has 2 heterocycles. The number of para-hydroxylation sites is 1. The van der Waals surface area contributed by atoms with Crippen LogP contribution < -0.4 is 10.6 Å². The van der Waals surface area contributed by atoms with Crippen LogP contribution in [-0.2, 0) is 17.6 Å². The van der Waals surface area contributed by atoms with E-state index in [-0.39, 0.29) is 17.9 Å². The SMILES string of the molecule is O=C(CN1CCC(NC(=O)c2ccc3[nH]c4c(c3c2)CCCC4)CC1)Nc1ccccc1. The van der Waals surface area contributed by atoms with Crippen LogP contribution in [0.3, 0.4) is 0 Å². The molecule has 1 fully saturated rings. The number of nitrogens with zero attached hydrogens (tertiary/aromatic N) is 1. The van der Waals surface area contributed by atoms with E-state index in [4.69, 9.17) is 0 Å². The van der Waals surface area contributed by atoms with Gasteiger partial charge in [-0.3, -0.25) is 14.5 Å². The fraction of sp³-hybridized carbons (Fsp3) is 0.385. The summed E-state index contributed by atoms with van der Waals surface area (Å²) in [5, 5.41) is 7.35. The van der Waals surface area contributed by atoms with E-state index in [2.05, 4.69) is 20.5 Å². The Balaban J connectivity index is 1.14. The third kappa shape index (κ3) is 4.55. The van der Waals surface area contributed by atoms with E-state index in [1.54, 1.807) is 0 Å². The van der Waals surface area contributed by atoms with Crippen LogP contribution in [0.15, 0.2) is 48.5 Å². The van der Waals surface area contributed by atoms with E-state index in [9.17, 15) is 9.59 Å². The van der Waals surface area contributed by atoms with E-state index in [1.807, 2.05) is 48.5 Å². The van der Waals surface area contributed by atoms with Crippen molar-refractivity contribution in [2.75, 3.05) is 25.0 Å². The van der Waals surface area contributed by atoms with Gasteiger partial charge in [0.15, 0.2) is 0 Å². The zero-order valence-electron chi connectivity index (χ0n) is 18.3. The Morgan fingerprint density at radius 1 is 1.00 bits per heavy atom. The van der Waals surface area contributed by atoms with Gasteiger partial charge in [-0.1, -0.05) is 18.2 Å². The Hall–Kier alpha value is -3.12. The number of nitrogens with one attached hydrogen (secondary N) is 3. The normalized spacial score (nSPS) is 17.1. The fourth-order valence-corrected chi connectivity index (χ4v) is 4.98. The summed E-state index contributed by atoms with van der Waals surface area (Å²) in [7, 11) is 0. The average molecular weight is 431 g/mol. The van der Waals surface area contributed by atoms with Gasteiger partial charge < -0.3 is 15.6 Å². The van der Waals surface area contributed by atoms with Gasteiger partial charge in [-0.05, 0) is 74.4 Å². The molecule has 3 aromatic rings. The van der Waals surface area contributed by atoms with Gasteiger partial charge in [0.2, 0.25) is 5.91 Å². The molecule has 0 atom stereocenters. The van der Waals surface area contributed by atoms with Crippen LogP contribution in [0.1, 0.15) is 47.3 Å². The van der Waals surface area contributed by atoms with Crippen molar-refractivity contribution in [2.24, 2.45) is 0 Å². The van der Waals surface area contributed by atoms with Crippen molar-refractivity contribution in [2.45, 2.75) is 44.6 Å². The summed E-state index contributed by atoms with van der Waals surface area (Å²) in [5.74, 6) is -0.000229. The first-order valence-corrected chi connectivity index (χ1v) is 11.7. The number of hydrogen-bond acceptors (Lipinski definition) is 3. The van der Waals surface area contributed by atoms with Crippen LogP contribution in [0.25, 0.3) is 10.9 Å². The van der Waals surface area contributed by atoms with Crippen molar-refractivity contribution < 1.29 is 9.59 Å². The maximum Gasteiger partial charge on any atom is 0.251 e. The van der Waals surface area contributed by atoms with Crippen LogP contribution in [0, 0.1) is 0 Å². The maximum atomic E-state index is 12.9. The number of fused-ring (bicyclic) bond motifs is 3. The van der Waals surface area contributed by atoms with Crippen molar-refractivity contribution in [3.8, 4) is 0 Å². The molecule has 6 heteroatoms. The lowest BCUT2D eigenvalue weighted by atomic mass is 9.95. The van der Waals surface area contributed by atoms with E-state index >= 15 is 0 Å². The predicted octanol–water partition coefficient (Wildman–Crippen LogP) is 3.88. The lowest BCUT2D eigenvalue weighted by molar-refractivity contribution is -0.117. The number of carbonyl (C=O) groups is 2. The molecule has 5 rings (SSSR count). The largest absolute Gasteiger partial charge is 0.358 e. The standard InChI is InChI=1S/C26H30N4O2/c31-25(27-19-6-2-1-3-7-19)17-30-14-12-20(13-15-30)28-26(32)18-10-11-24-22(16-18)21-8-4-5-9-23(21)29-24/h1-3,6-7,10-11,16,20,29H,4-5,8-9,12-15,17H2,(H,27,31)(H,28,32). The van der Waals surface area contributed by atoms with Gasteiger partial charge in [-0.15, -0.1) is 0 Å². The molecule has 2 aromatic carbocycles. The average Bonchev–Trinajstić information content (AvgIpc) is 3.19. The molecule has 0 radical (unpaired) electrons. The van der Waals surface area contributed by atoms with E-state index in [0.29, 0.717) is 6.54 Å². The summed E-state index contributed by atoms with van der Waals surface area (Å²) >= 11 is 0. The Morgan fingerprint density at radius 2 is 1.78 bits per heavy atom. The number of aryl methyl sites for hydroxylation is 2. The van der Waals surface area contributed by atoms with Gasteiger partial charge in [0.05, 0.1) is 6.54 Å². The first-order valence-electron chi connectivity index (χ1n) is 11.7. The molecular formula is C26H30N4O2. The Morgan fingerprint density at radius 3 is 2.59 bits per heavy atom. The third-order valence-corrected chi connectivity index (χ3v) is 6.71. The molecule has 1 aliphatic carbocycles. The zero-order valence-corrected chi connectivity index (χ0v) is 18.3. The van der Waals surface area contributed by atoms with Gasteiger partial charge in [-0.25, -0.2) is 0 Å². The second kappa shape index (κ2) is 9.17. The highest BCUT2D eigenvalue weighted by molar-refractivity contribution is 5.99. The monoisotopic (exact) mass is 430 g/mol. The van der Waals surface area contributed by atoms with Crippen molar-refractivity contribution in [3.05, 3.63) is 65.4 Å². The number of benzene rings is 2. The van der Waals surface area contributed by atoms with E-state index < -0.39 is 0 Å². The minimum atomic E-state index is -0.00192. The minimum absolute atomic E-state index is 0.00169. The zero-order chi connectivity index (χ0) is 21.9. The molecule has 32 heavy (non-hydrogen) atoms. The van der Waals surface area contributed by atoms with Gasteiger partial charge in [0.25, 0.3) is 5.91 Å². The molecule has 0 unspecified atom stereocenters. The van der Waals surface area contributed by atoms with E-state index in [0.717, 1.165) is 55.5 Å². The molecule has 0 bridgehead atoms. The number of hydrogen-bond donors (Lipinski definition) is 3. The molecule has 1 aliphatic heterocycles. The van der Waals surface area contributed by atoms with Gasteiger partial charge in [0, 0.05) is 47.0 Å². The maximum absolute atomic E-state index is 12.9. The van der Waals surface area contributed by atoms with Crippen molar-refractivity contribution >= 4 is 28.4 Å². The number of rotatable bonds is 5. The quantitative estimate of drug-likeness (QED) is 0.575. The van der Waals surface area contributed by atoms with Crippen LogP contribution in [0.4, 0.5) is 5.69 Å². The number of piperidine rings is 1. The number of H-pyrrole nitrogens is 1. The lowest BCUT2D eigenvalue weighted by Gasteiger charge is -2.31. The minimum Gasteiger partial charge on any atom is -0.358 e. The van der Waals surface area contributed by atoms with Crippen molar-refractivity contribution in [1.82, 2.24) is 15.2 Å². The summed E-state index contributed by atoms with van der Waals surface area (Å²) in [4.78, 5) is 30.9. The topological polar surface area (TPSA) is 77.2 Å². The van der Waals surface area contributed by atoms with Gasteiger partial charge in [0.1, 0.15) is 0 Å². The molecule has 166 valence electrons. The number of amides is 2. The highest BCUT2D eigenvalue weighted by Crippen LogP contribution is 2.29. The van der Waals surface area contributed by atoms with Gasteiger partial charge in [-0.2, -0.15) is 0 Å². The smallest absolute Gasteiger partial charge is 0.251 e. The number of aromatic amines is 1. The number of likely N-dealkylation sites (tertiary alicyclic amines) is 1. The molecule has 3 N–H and O–H groups in total. The molecule has 2 aliphatic rings. The molecule has 1 saturated heterocycles.